The summed E-state index contributed by atoms with van der Waals surface area (Å²) in [7, 11) is -0.451. The molecule has 0 spiro atoms. The van der Waals surface area contributed by atoms with E-state index < -0.39 is 24.4 Å². The summed E-state index contributed by atoms with van der Waals surface area (Å²) < 4.78 is 31.9. The second kappa shape index (κ2) is 11.4. The Kier molecular flexibility index (Phi) is 7.80. The molecule has 6 rings (SSSR count). The fourth-order valence-electron chi connectivity index (χ4n) is 5.75. The van der Waals surface area contributed by atoms with Crippen LogP contribution in [0, 0.1) is 5.92 Å². The van der Waals surface area contributed by atoms with E-state index in [1.807, 2.05) is 23.0 Å². The van der Waals surface area contributed by atoms with Gasteiger partial charge in [-0.05, 0) is 112 Å². The van der Waals surface area contributed by atoms with Gasteiger partial charge in [0.25, 0.3) is 0 Å². The highest BCUT2D eigenvalue weighted by molar-refractivity contribution is 6.57. The Morgan fingerprint density at radius 1 is 1.00 bits per heavy atom. The Hall–Kier alpha value is -3.34. The number of primary amides is 1. The van der Waals surface area contributed by atoms with Gasteiger partial charge in [0, 0.05) is 12.0 Å². The van der Waals surface area contributed by atoms with Crippen molar-refractivity contribution in [3.63, 3.8) is 0 Å². The number of carbonyl (C=O) groups is 1. The van der Waals surface area contributed by atoms with Crippen molar-refractivity contribution in [2.75, 3.05) is 19.8 Å². The number of hydrogen-bond donors (Lipinski definition) is 1. The quantitative estimate of drug-likeness (QED) is 0.245. The van der Waals surface area contributed by atoms with Crippen LogP contribution in [-0.4, -0.2) is 54.0 Å². The first kappa shape index (κ1) is 28.8. The lowest BCUT2D eigenvalue weighted by Crippen LogP contribution is -2.41. The third-order valence-corrected chi connectivity index (χ3v) is 8.87. The fraction of sp³-hybridized carbons (Fsp3) is 0.500. The summed E-state index contributed by atoms with van der Waals surface area (Å²) in [4.78, 5) is 10.8. The molecule has 0 bridgehead atoms. The van der Waals surface area contributed by atoms with Crippen LogP contribution in [0.1, 0.15) is 77.2 Å². The Bertz CT molecular complexity index is 1460. The molecule has 9 nitrogen and oxygen atoms in total. The van der Waals surface area contributed by atoms with Gasteiger partial charge in [0.2, 0.25) is 0 Å². The minimum Gasteiger partial charge on any atom is -0.490 e. The van der Waals surface area contributed by atoms with E-state index in [1.54, 1.807) is 0 Å². The van der Waals surface area contributed by atoms with Crippen molar-refractivity contribution in [2.24, 2.45) is 11.7 Å². The highest BCUT2D eigenvalue weighted by atomic mass is 16.7. The monoisotopic (exact) mass is 573 g/mol. The SMILES string of the molecule is CC1(C)OB(/C(=C(\c2ccc(OCCOC(N)=O)cc2)c2ccc3c(cnn3C3CCCCO3)c2)C2CC2)OC1(C)C. The third-order valence-electron chi connectivity index (χ3n) is 8.87. The number of rotatable bonds is 9. The molecule has 1 unspecified atom stereocenters. The number of allylic oxidation sites excluding steroid dienone is 1. The van der Waals surface area contributed by atoms with Crippen molar-refractivity contribution in [1.29, 1.82) is 0 Å². The van der Waals surface area contributed by atoms with Crippen LogP contribution in [0.2, 0.25) is 0 Å². The Labute approximate surface area is 247 Å². The zero-order chi connectivity index (χ0) is 29.5. The van der Waals surface area contributed by atoms with E-state index in [0.29, 0.717) is 11.7 Å². The molecule has 1 saturated carbocycles. The molecule has 1 aromatic heterocycles. The number of ether oxygens (including phenoxy) is 3. The summed E-state index contributed by atoms with van der Waals surface area (Å²) in [5.41, 5.74) is 9.65. The molecule has 2 N–H and O–H groups in total. The maximum Gasteiger partial charge on any atom is 0.491 e. The first-order chi connectivity index (χ1) is 20.1. The van der Waals surface area contributed by atoms with Gasteiger partial charge in [-0.25, -0.2) is 9.48 Å². The van der Waals surface area contributed by atoms with Crippen LogP contribution >= 0.6 is 0 Å². The molecular weight excluding hydrogens is 533 g/mol. The molecule has 3 aliphatic rings. The number of hydrogen-bond acceptors (Lipinski definition) is 7. The number of amides is 1. The van der Waals surface area contributed by atoms with E-state index >= 15 is 0 Å². The van der Waals surface area contributed by atoms with E-state index in [-0.39, 0.29) is 19.4 Å². The summed E-state index contributed by atoms with van der Waals surface area (Å²) in [5, 5.41) is 5.80. The fourth-order valence-corrected chi connectivity index (χ4v) is 5.75. The Balaban J connectivity index is 1.40. The van der Waals surface area contributed by atoms with Gasteiger partial charge in [-0.2, -0.15) is 5.10 Å². The number of carbonyl (C=O) groups excluding carboxylic acids is 1. The van der Waals surface area contributed by atoms with Gasteiger partial charge in [-0.3, -0.25) is 0 Å². The maximum atomic E-state index is 10.8. The molecular formula is C32H40BN3O6. The van der Waals surface area contributed by atoms with Gasteiger partial charge >= 0.3 is 13.2 Å². The highest BCUT2D eigenvalue weighted by Crippen LogP contribution is 2.49. The van der Waals surface area contributed by atoms with Crippen LogP contribution < -0.4 is 10.5 Å². The molecule has 1 aliphatic carbocycles. The number of aromatic nitrogens is 2. The summed E-state index contributed by atoms with van der Waals surface area (Å²) in [6, 6.07) is 14.6. The molecule has 3 heterocycles. The molecule has 0 radical (unpaired) electrons. The van der Waals surface area contributed by atoms with E-state index in [9.17, 15) is 4.79 Å². The molecule has 3 fully saturated rings. The molecule has 2 aromatic carbocycles. The van der Waals surface area contributed by atoms with Gasteiger partial charge in [0.15, 0.2) is 6.23 Å². The average molecular weight is 573 g/mol. The Morgan fingerprint density at radius 2 is 1.71 bits per heavy atom. The predicted molar refractivity (Wildman–Crippen MR) is 161 cm³/mol. The lowest BCUT2D eigenvalue weighted by molar-refractivity contribution is -0.0366. The van der Waals surface area contributed by atoms with Gasteiger partial charge in [-0.1, -0.05) is 18.2 Å². The minimum absolute atomic E-state index is 0.0233. The van der Waals surface area contributed by atoms with Crippen molar-refractivity contribution < 1.29 is 28.3 Å². The topological polar surface area (TPSA) is 107 Å². The smallest absolute Gasteiger partial charge is 0.490 e. The van der Waals surface area contributed by atoms with Crippen LogP contribution in [0.25, 0.3) is 16.5 Å². The zero-order valence-electron chi connectivity index (χ0n) is 24.9. The van der Waals surface area contributed by atoms with Crippen LogP contribution in [0.4, 0.5) is 4.79 Å². The van der Waals surface area contributed by atoms with E-state index in [2.05, 4.69) is 58.0 Å². The van der Waals surface area contributed by atoms with Gasteiger partial charge in [0.1, 0.15) is 19.0 Å². The van der Waals surface area contributed by atoms with Crippen LogP contribution in [-0.2, 0) is 18.8 Å². The maximum absolute atomic E-state index is 10.8. The van der Waals surface area contributed by atoms with Gasteiger partial charge in [-0.15, -0.1) is 0 Å². The van der Waals surface area contributed by atoms with Crippen molar-refractivity contribution in [3.05, 3.63) is 65.3 Å². The molecule has 2 aliphatic heterocycles. The Morgan fingerprint density at radius 3 is 2.36 bits per heavy atom. The van der Waals surface area contributed by atoms with Crippen molar-refractivity contribution in [1.82, 2.24) is 9.78 Å². The summed E-state index contributed by atoms with van der Waals surface area (Å²) in [6.07, 6.45) is 6.52. The summed E-state index contributed by atoms with van der Waals surface area (Å²) >= 11 is 0. The van der Waals surface area contributed by atoms with Crippen LogP contribution in [0.15, 0.2) is 54.1 Å². The molecule has 3 aromatic rings. The van der Waals surface area contributed by atoms with Gasteiger partial charge < -0.3 is 29.3 Å². The number of benzene rings is 2. The van der Waals surface area contributed by atoms with Gasteiger partial charge in [0.05, 0.1) is 22.9 Å². The molecule has 1 amide bonds. The molecule has 42 heavy (non-hydrogen) atoms. The van der Waals surface area contributed by atoms with Crippen molar-refractivity contribution in [3.8, 4) is 5.75 Å². The van der Waals surface area contributed by atoms with E-state index in [4.69, 9.17) is 34.4 Å². The molecule has 2 saturated heterocycles. The molecule has 1 atom stereocenters. The van der Waals surface area contributed by atoms with Crippen molar-refractivity contribution in [2.45, 2.75) is 77.2 Å². The van der Waals surface area contributed by atoms with Crippen molar-refractivity contribution >= 4 is 29.7 Å². The number of fused-ring (bicyclic) bond motifs is 1. The van der Waals surface area contributed by atoms with E-state index in [0.717, 1.165) is 66.3 Å². The predicted octanol–water partition coefficient (Wildman–Crippen LogP) is 6.05. The molecule has 10 heteroatoms. The summed E-state index contributed by atoms with van der Waals surface area (Å²) in [5.74, 6) is 1.06. The zero-order valence-corrected chi connectivity index (χ0v) is 24.9. The van der Waals surface area contributed by atoms with Crippen LogP contribution in [0.5, 0.6) is 5.75 Å². The lowest BCUT2D eigenvalue weighted by atomic mass is 9.69. The second-order valence-electron chi connectivity index (χ2n) is 12.4. The number of nitrogens with two attached hydrogens (primary N) is 1. The normalized spacial score (nSPS) is 22.2. The largest absolute Gasteiger partial charge is 0.491 e. The first-order valence-electron chi connectivity index (χ1n) is 15.0. The first-order valence-corrected chi connectivity index (χ1v) is 15.0. The minimum atomic E-state index is -0.812. The third kappa shape index (κ3) is 5.80. The standard InChI is InChI=1S/C32H40BN3O6/c1-31(2)32(3,4)42-33(41-31)29(22-8-9-22)28(21-10-13-25(14-11-21)38-17-18-40-30(34)37)23-12-15-26-24(19-23)20-35-36(26)27-7-5-6-16-39-27/h10-15,19-20,22,27H,5-9,16-18H2,1-4H3,(H2,34,37)/b29-28+. The van der Waals surface area contributed by atoms with E-state index in [1.165, 1.54) is 5.47 Å². The number of nitrogens with zero attached hydrogens (tertiary/aromatic N) is 2. The lowest BCUT2D eigenvalue weighted by Gasteiger charge is -2.32. The highest BCUT2D eigenvalue weighted by Gasteiger charge is 2.55. The van der Waals surface area contributed by atoms with Crippen LogP contribution in [0.3, 0.4) is 0 Å². The average Bonchev–Trinajstić information content (AvgIpc) is 3.66. The second-order valence-corrected chi connectivity index (χ2v) is 12.4. The molecule has 222 valence electrons. The summed E-state index contributed by atoms with van der Waals surface area (Å²) in [6.45, 7) is 9.47.